The van der Waals surface area contributed by atoms with Crippen LogP contribution in [0.2, 0.25) is 0 Å². The van der Waals surface area contributed by atoms with Crippen LogP contribution in [0.15, 0.2) is 34.9 Å². The standard InChI is InChI=1S/C12H14N2O2/c1-8(13-2)11-7-14-12(16-11)9-5-3-4-6-10(9)15/h3-8,13,15H,1-2H3. The molecule has 0 bridgehead atoms. The van der Waals surface area contributed by atoms with Crippen molar-refractivity contribution < 1.29 is 9.52 Å². The highest BCUT2D eigenvalue weighted by molar-refractivity contribution is 5.61. The van der Waals surface area contributed by atoms with Crippen molar-refractivity contribution in [3.8, 4) is 17.2 Å². The van der Waals surface area contributed by atoms with Crippen molar-refractivity contribution >= 4 is 0 Å². The van der Waals surface area contributed by atoms with Crippen LogP contribution in [0, 0.1) is 0 Å². The fraction of sp³-hybridized carbons (Fsp3) is 0.250. The van der Waals surface area contributed by atoms with Crippen molar-refractivity contribution in [3.05, 3.63) is 36.2 Å². The molecule has 1 aromatic heterocycles. The Kier molecular flexibility index (Phi) is 2.92. The number of aromatic hydroxyl groups is 1. The van der Waals surface area contributed by atoms with Crippen LogP contribution in [0.3, 0.4) is 0 Å². The first-order valence-electron chi connectivity index (χ1n) is 5.13. The molecule has 1 atom stereocenters. The maximum atomic E-state index is 9.65. The molecule has 84 valence electrons. The molecule has 0 spiro atoms. The van der Waals surface area contributed by atoms with E-state index in [1.165, 1.54) is 0 Å². The first kappa shape index (κ1) is 10.7. The molecule has 16 heavy (non-hydrogen) atoms. The molecule has 1 aromatic carbocycles. The number of phenols is 1. The second-order valence-electron chi connectivity index (χ2n) is 3.60. The lowest BCUT2D eigenvalue weighted by molar-refractivity contribution is 0.448. The number of nitrogens with one attached hydrogen (secondary N) is 1. The summed E-state index contributed by atoms with van der Waals surface area (Å²) in [6.45, 7) is 1.98. The first-order chi connectivity index (χ1) is 7.72. The van der Waals surface area contributed by atoms with Crippen LogP contribution >= 0.6 is 0 Å². The number of nitrogens with zero attached hydrogens (tertiary/aromatic N) is 1. The first-order valence-corrected chi connectivity index (χ1v) is 5.13. The third-order valence-corrected chi connectivity index (χ3v) is 2.52. The van der Waals surface area contributed by atoms with Crippen LogP contribution in [0.4, 0.5) is 0 Å². The van der Waals surface area contributed by atoms with Crippen molar-refractivity contribution in [3.63, 3.8) is 0 Å². The Morgan fingerprint density at radius 1 is 1.38 bits per heavy atom. The fourth-order valence-electron chi connectivity index (χ4n) is 1.41. The molecular formula is C12H14N2O2. The molecular weight excluding hydrogens is 204 g/mol. The third-order valence-electron chi connectivity index (χ3n) is 2.52. The van der Waals surface area contributed by atoms with E-state index in [4.69, 9.17) is 4.42 Å². The molecule has 0 radical (unpaired) electrons. The average molecular weight is 218 g/mol. The molecule has 0 aliphatic heterocycles. The normalized spacial score (nSPS) is 12.6. The number of benzene rings is 1. The third kappa shape index (κ3) is 1.92. The van der Waals surface area contributed by atoms with E-state index in [1.807, 2.05) is 20.0 Å². The van der Waals surface area contributed by atoms with Crippen LogP contribution in [-0.4, -0.2) is 17.1 Å². The van der Waals surface area contributed by atoms with Crippen molar-refractivity contribution in [1.82, 2.24) is 10.3 Å². The van der Waals surface area contributed by atoms with E-state index in [2.05, 4.69) is 10.3 Å². The molecule has 0 aliphatic rings. The van der Waals surface area contributed by atoms with E-state index in [0.29, 0.717) is 11.5 Å². The zero-order valence-electron chi connectivity index (χ0n) is 9.27. The number of oxazole rings is 1. The molecule has 4 nitrogen and oxygen atoms in total. The monoisotopic (exact) mass is 218 g/mol. The molecule has 0 saturated heterocycles. The minimum Gasteiger partial charge on any atom is -0.507 e. The second kappa shape index (κ2) is 4.37. The molecule has 0 aliphatic carbocycles. The molecule has 2 rings (SSSR count). The SMILES string of the molecule is CNC(C)c1cnc(-c2ccccc2O)o1. The molecule has 1 unspecified atom stereocenters. The van der Waals surface area contributed by atoms with Gasteiger partial charge < -0.3 is 14.8 Å². The Morgan fingerprint density at radius 2 is 2.12 bits per heavy atom. The highest BCUT2D eigenvalue weighted by atomic mass is 16.4. The van der Waals surface area contributed by atoms with E-state index in [-0.39, 0.29) is 11.8 Å². The van der Waals surface area contributed by atoms with E-state index >= 15 is 0 Å². The summed E-state index contributed by atoms with van der Waals surface area (Å²) >= 11 is 0. The van der Waals surface area contributed by atoms with Gasteiger partial charge in [0.15, 0.2) is 0 Å². The lowest BCUT2D eigenvalue weighted by Gasteiger charge is -2.04. The second-order valence-corrected chi connectivity index (χ2v) is 3.60. The maximum Gasteiger partial charge on any atom is 0.230 e. The largest absolute Gasteiger partial charge is 0.507 e. The van der Waals surface area contributed by atoms with E-state index in [9.17, 15) is 5.11 Å². The fourth-order valence-corrected chi connectivity index (χ4v) is 1.41. The van der Waals surface area contributed by atoms with Gasteiger partial charge in [-0.1, -0.05) is 12.1 Å². The van der Waals surface area contributed by atoms with Gasteiger partial charge in [-0.15, -0.1) is 0 Å². The summed E-state index contributed by atoms with van der Waals surface area (Å²) in [6, 6.07) is 7.08. The predicted octanol–water partition coefficient (Wildman–Crippen LogP) is 2.33. The number of hydrogen-bond acceptors (Lipinski definition) is 4. The Hall–Kier alpha value is -1.81. The summed E-state index contributed by atoms with van der Waals surface area (Å²) in [4.78, 5) is 4.15. The summed E-state index contributed by atoms with van der Waals surface area (Å²) in [6.07, 6.45) is 1.67. The van der Waals surface area contributed by atoms with Gasteiger partial charge in [0, 0.05) is 0 Å². The zero-order valence-corrected chi connectivity index (χ0v) is 9.27. The highest BCUT2D eigenvalue weighted by Gasteiger charge is 2.13. The van der Waals surface area contributed by atoms with E-state index < -0.39 is 0 Å². The molecule has 1 heterocycles. The van der Waals surface area contributed by atoms with Gasteiger partial charge in [-0.25, -0.2) is 4.98 Å². The molecule has 0 amide bonds. The smallest absolute Gasteiger partial charge is 0.230 e. The number of aromatic nitrogens is 1. The van der Waals surface area contributed by atoms with Gasteiger partial charge in [0.1, 0.15) is 11.5 Å². The van der Waals surface area contributed by atoms with Gasteiger partial charge in [0.25, 0.3) is 0 Å². The number of para-hydroxylation sites is 1. The quantitative estimate of drug-likeness (QED) is 0.830. The summed E-state index contributed by atoms with van der Waals surface area (Å²) in [5.41, 5.74) is 0.608. The molecule has 4 heteroatoms. The van der Waals surface area contributed by atoms with Crippen LogP contribution in [0.5, 0.6) is 5.75 Å². The van der Waals surface area contributed by atoms with Crippen LogP contribution in [0.1, 0.15) is 18.7 Å². The van der Waals surface area contributed by atoms with E-state index in [1.54, 1.807) is 24.4 Å². The summed E-state index contributed by atoms with van der Waals surface area (Å²) < 4.78 is 5.57. The predicted molar refractivity (Wildman–Crippen MR) is 61.1 cm³/mol. The lowest BCUT2D eigenvalue weighted by Crippen LogP contribution is -2.11. The van der Waals surface area contributed by atoms with Crippen LogP contribution in [-0.2, 0) is 0 Å². The van der Waals surface area contributed by atoms with Crippen LogP contribution in [0.25, 0.3) is 11.5 Å². The lowest BCUT2D eigenvalue weighted by atomic mass is 10.2. The van der Waals surface area contributed by atoms with Gasteiger partial charge in [0.2, 0.25) is 5.89 Å². The summed E-state index contributed by atoms with van der Waals surface area (Å²) in [5, 5.41) is 12.7. The minimum atomic E-state index is 0.104. The average Bonchev–Trinajstić information content (AvgIpc) is 2.78. The molecule has 2 N–H and O–H groups in total. The van der Waals surface area contributed by atoms with Gasteiger partial charge in [-0.2, -0.15) is 0 Å². The van der Waals surface area contributed by atoms with Crippen molar-refractivity contribution in [2.24, 2.45) is 0 Å². The van der Waals surface area contributed by atoms with Crippen molar-refractivity contribution in [1.29, 1.82) is 0 Å². The maximum absolute atomic E-state index is 9.65. The zero-order chi connectivity index (χ0) is 11.5. The summed E-state index contributed by atoms with van der Waals surface area (Å²) in [5.74, 6) is 1.36. The molecule has 0 fully saturated rings. The Morgan fingerprint density at radius 3 is 2.81 bits per heavy atom. The highest BCUT2D eigenvalue weighted by Crippen LogP contribution is 2.29. The van der Waals surface area contributed by atoms with Crippen molar-refractivity contribution in [2.75, 3.05) is 7.05 Å². The Labute approximate surface area is 93.9 Å². The van der Waals surface area contributed by atoms with Gasteiger partial charge >= 0.3 is 0 Å². The van der Waals surface area contributed by atoms with E-state index in [0.717, 1.165) is 5.76 Å². The van der Waals surface area contributed by atoms with Crippen LogP contribution < -0.4 is 5.32 Å². The summed E-state index contributed by atoms with van der Waals surface area (Å²) in [7, 11) is 1.85. The van der Waals surface area contributed by atoms with Crippen molar-refractivity contribution in [2.45, 2.75) is 13.0 Å². The number of rotatable bonds is 3. The number of hydrogen-bond donors (Lipinski definition) is 2. The minimum absolute atomic E-state index is 0.104. The Balaban J connectivity index is 2.35. The number of phenolic OH excluding ortho intramolecular Hbond substituents is 1. The molecule has 0 saturated carbocycles. The van der Waals surface area contributed by atoms with Gasteiger partial charge in [-0.3, -0.25) is 0 Å². The topological polar surface area (TPSA) is 58.3 Å². The van der Waals surface area contributed by atoms with Gasteiger partial charge in [-0.05, 0) is 26.1 Å². The van der Waals surface area contributed by atoms with Gasteiger partial charge in [0.05, 0.1) is 17.8 Å². The Bertz CT molecular complexity index is 479. The molecule has 2 aromatic rings.